The maximum atomic E-state index is 3.51. The minimum Gasteiger partial charge on any atom is -0.315 e. The molecular weight excluding hydrogens is 184 g/mol. The molecule has 1 rings (SSSR count). The number of nitrogens with one attached hydrogen (secondary N) is 1. The van der Waals surface area contributed by atoms with Crippen molar-refractivity contribution >= 4 is 0 Å². The van der Waals surface area contributed by atoms with Crippen LogP contribution in [0, 0.1) is 5.41 Å². The van der Waals surface area contributed by atoms with Crippen LogP contribution in [0.25, 0.3) is 0 Å². The van der Waals surface area contributed by atoms with Crippen LogP contribution in [0.5, 0.6) is 0 Å². The molecule has 0 aliphatic carbocycles. The van der Waals surface area contributed by atoms with Gasteiger partial charge in [-0.05, 0) is 39.2 Å². The third kappa shape index (κ3) is 3.46. The zero-order valence-corrected chi connectivity index (χ0v) is 11.4. The summed E-state index contributed by atoms with van der Waals surface area (Å²) in [6.45, 7) is 17.5. The molecule has 0 aromatic carbocycles. The average Bonchev–Trinajstić information content (AvgIpc) is 2.24. The summed E-state index contributed by atoms with van der Waals surface area (Å²) in [6, 6.07) is 0.687. The Balaban J connectivity index is 2.86. The Morgan fingerprint density at radius 3 is 2.07 bits per heavy atom. The lowest BCUT2D eigenvalue weighted by Crippen LogP contribution is -2.53. The van der Waals surface area contributed by atoms with Crippen LogP contribution in [0.1, 0.15) is 48.0 Å². The van der Waals surface area contributed by atoms with Gasteiger partial charge in [0.2, 0.25) is 0 Å². The predicted molar refractivity (Wildman–Crippen MR) is 67.2 cm³/mol. The van der Waals surface area contributed by atoms with Gasteiger partial charge in [0, 0.05) is 24.7 Å². The molecule has 1 aliphatic rings. The van der Waals surface area contributed by atoms with Crippen molar-refractivity contribution < 1.29 is 0 Å². The van der Waals surface area contributed by atoms with Gasteiger partial charge in [-0.2, -0.15) is 0 Å². The second-order valence-electron chi connectivity index (χ2n) is 6.78. The number of hydrogen-bond donors (Lipinski definition) is 1. The molecular formula is C13H28N2. The van der Waals surface area contributed by atoms with Crippen molar-refractivity contribution in [2.75, 3.05) is 19.6 Å². The smallest absolute Gasteiger partial charge is 0.0162 e. The Hall–Kier alpha value is -0.0800. The molecule has 0 radical (unpaired) electrons. The summed E-state index contributed by atoms with van der Waals surface area (Å²) < 4.78 is 0. The van der Waals surface area contributed by atoms with Gasteiger partial charge in [0.15, 0.2) is 0 Å². The Morgan fingerprint density at radius 1 is 1.00 bits per heavy atom. The highest BCUT2D eigenvalue weighted by molar-refractivity contribution is 4.92. The average molecular weight is 212 g/mol. The number of rotatable bonds is 0. The third-order valence-corrected chi connectivity index (χ3v) is 3.36. The van der Waals surface area contributed by atoms with Gasteiger partial charge in [-0.1, -0.05) is 20.8 Å². The largest absolute Gasteiger partial charge is 0.315 e. The van der Waals surface area contributed by atoms with Crippen molar-refractivity contribution in [3.05, 3.63) is 0 Å². The SMILES string of the molecule is CC(C)(C)[C@@H]1CCNCCN1C(C)(C)C. The molecule has 1 fully saturated rings. The summed E-state index contributed by atoms with van der Waals surface area (Å²) in [7, 11) is 0. The zero-order valence-electron chi connectivity index (χ0n) is 11.4. The van der Waals surface area contributed by atoms with Crippen LogP contribution < -0.4 is 5.32 Å². The summed E-state index contributed by atoms with van der Waals surface area (Å²) in [5, 5.41) is 3.51. The molecule has 1 saturated heterocycles. The van der Waals surface area contributed by atoms with Crippen LogP contribution in [0.2, 0.25) is 0 Å². The van der Waals surface area contributed by atoms with Crippen LogP contribution in [0.4, 0.5) is 0 Å². The zero-order chi connectivity index (χ0) is 11.7. The van der Waals surface area contributed by atoms with E-state index in [1.807, 2.05) is 0 Å². The summed E-state index contributed by atoms with van der Waals surface area (Å²) in [6.07, 6.45) is 1.26. The summed E-state index contributed by atoms with van der Waals surface area (Å²) in [4.78, 5) is 2.67. The van der Waals surface area contributed by atoms with E-state index in [2.05, 4.69) is 51.8 Å². The van der Waals surface area contributed by atoms with Crippen LogP contribution >= 0.6 is 0 Å². The van der Waals surface area contributed by atoms with Crippen molar-refractivity contribution in [1.82, 2.24) is 10.2 Å². The van der Waals surface area contributed by atoms with E-state index in [1.54, 1.807) is 0 Å². The summed E-state index contributed by atoms with van der Waals surface area (Å²) >= 11 is 0. The Bertz CT molecular complexity index is 176. The highest BCUT2D eigenvalue weighted by Crippen LogP contribution is 2.32. The van der Waals surface area contributed by atoms with E-state index in [4.69, 9.17) is 0 Å². The first-order chi connectivity index (χ1) is 6.73. The van der Waals surface area contributed by atoms with Crippen LogP contribution in [0.15, 0.2) is 0 Å². The molecule has 0 bridgehead atoms. The maximum Gasteiger partial charge on any atom is 0.0162 e. The molecule has 90 valence electrons. The van der Waals surface area contributed by atoms with Crippen molar-refractivity contribution in [2.24, 2.45) is 5.41 Å². The minimum absolute atomic E-state index is 0.282. The highest BCUT2D eigenvalue weighted by atomic mass is 15.2. The fourth-order valence-electron chi connectivity index (χ4n) is 2.58. The molecule has 2 heteroatoms. The van der Waals surface area contributed by atoms with Gasteiger partial charge in [0.1, 0.15) is 0 Å². The molecule has 0 aromatic heterocycles. The van der Waals surface area contributed by atoms with E-state index in [9.17, 15) is 0 Å². The van der Waals surface area contributed by atoms with E-state index >= 15 is 0 Å². The molecule has 1 N–H and O–H groups in total. The van der Waals surface area contributed by atoms with E-state index in [1.165, 1.54) is 13.0 Å². The first-order valence-corrected chi connectivity index (χ1v) is 6.20. The lowest BCUT2D eigenvalue weighted by molar-refractivity contribution is 0.0281. The van der Waals surface area contributed by atoms with Crippen LogP contribution in [-0.2, 0) is 0 Å². The predicted octanol–water partition coefficient (Wildman–Crippen LogP) is 2.49. The number of nitrogens with zero attached hydrogens (tertiary/aromatic N) is 1. The first kappa shape index (κ1) is 13.0. The Labute approximate surface area is 95.4 Å². The molecule has 1 atom stereocenters. The van der Waals surface area contributed by atoms with E-state index in [0.717, 1.165) is 13.1 Å². The van der Waals surface area contributed by atoms with E-state index < -0.39 is 0 Å². The molecule has 2 nitrogen and oxygen atoms in total. The topological polar surface area (TPSA) is 15.3 Å². The molecule has 0 unspecified atom stereocenters. The molecule has 1 aliphatic heterocycles. The van der Waals surface area contributed by atoms with Gasteiger partial charge >= 0.3 is 0 Å². The molecule has 0 spiro atoms. The standard InChI is InChI=1S/C13H28N2/c1-12(2,3)11-7-8-14-9-10-15(11)13(4,5)6/h11,14H,7-10H2,1-6H3/t11-/m0/s1. The molecule has 0 amide bonds. The molecule has 0 aromatic rings. The van der Waals surface area contributed by atoms with Crippen LogP contribution in [-0.4, -0.2) is 36.1 Å². The van der Waals surface area contributed by atoms with Gasteiger partial charge in [-0.3, -0.25) is 4.90 Å². The van der Waals surface area contributed by atoms with Crippen molar-refractivity contribution in [2.45, 2.75) is 59.5 Å². The van der Waals surface area contributed by atoms with E-state index in [0.29, 0.717) is 11.5 Å². The number of hydrogen-bond acceptors (Lipinski definition) is 2. The van der Waals surface area contributed by atoms with E-state index in [-0.39, 0.29) is 5.54 Å². The highest BCUT2D eigenvalue weighted by Gasteiger charge is 2.36. The normalized spacial score (nSPS) is 26.4. The second-order valence-corrected chi connectivity index (χ2v) is 6.78. The fourth-order valence-corrected chi connectivity index (χ4v) is 2.58. The Kier molecular flexibility index (Phi) is 3.83. The van der Waals surface area contributed by atoms with Gasteiger partial charge < -0.3 is 5.32 Å². The molecule has 15 heavy (non-hydrogen) atoms. The van der Waals surface area contributed by atoms with Gasteiger partial charge in [0.25, 0.3) is 0 Å². The Morgan fingerprint density at radius 2 is 1.60 bits per heavy atom. The van der Waals surface area contributed by atoms with Crippen molar-refractivity contribution in [3.8, 4) is 0 Å². The van der Waals surface area contributed by atoms with Crippen molar-refractivity contribution in [1.29, 1.82) is 0 Å². The summed E-state index contributed by atoms with van der Waals surface area (Å²) in [5.74, 6) is 0. The summed E-state index contributed by atoms with van der Waals surface area (Å²) in [5.41, 5.74) is 0.656. The minimum atomic E-state index is 0.282. The maximum absolute atomic E-state index is 3.51. The molecule has 1 heterocycles. The third-order valence-electron chi connectivity index (χ3n) is 3.36. The quantitative estimate of drug-likeness (QED) is 0.664. The van der Waals surface area contributed by atoms with Crippen molar-refractivity contribution in [3.63, 3.8) is 0 Å². The lowest BCUT2D eigenvalue weighted by atomic mass is 9.82. The van der Waals surface area contributed by atoms with Gasteiger partial charge in [-0.15, -0.1) is 0 Å². The second kappa shape index (κ2) is 4.42. The lowest BCUT2D eigenvalue weighted by Gasteiger charge is -2.46. The van der Waals surface area contributed by atoms with Gasteiger partial charge in [-0.25, -0.2) is 0 Å². The molecule has 0 saturated carbocycles. The van der Waals surface area contributed by atoms with Gasteiger partial charge in [0.05, 0.1) is 0 Å². The first-order valence-electron chi connectivity index (χ1n) is 6.20. The fraction of sp³-hybridized carbons (Fsp3) is 1.00. The monoisotopic (exact) mass is 212 g/mol. The van der Waals surface area contributed by atoms with Crippen LogP contribution in [0.3, 0.4) is 0 Å².